The van der Waals surface area contributed by atoms with Crippen LogP contribution >= 0.6 is 11.6 Å². The molecule has 0 aromatic heterocycles. The van der Waals surface area contributed by atoms with E-state index >= 15 is 0 Å². The molecule has 2 aromatic rings. The fourth-order valence-electron chi connectivity index (χ4n) is 2.39. The molecule has 1 amide bonds. The molecular formula is C17H20ClNO2. The lowest BCUT2D eigenvalue weighted by molar-refractivity contribution is -0.130. The lowest BCUT2D eigenvalue weighted by Crippen LogP contribution is -2.36. The average molecular weight is 306 g/mol. The molecule has 0 N–H and O–H groups in total. The van der Waals surface area contributed by atoms with Crippen LogP contribution in [-0.2, 0) is 16.0 Å². The first-order valence-electron chi connectivity index (χ1n) is 7.05. The summed E-state index contributed by atoms with van der Waals surface area (Å²) < 4.78 is 5.05. The molecule has 0 fully saturated rings. The SMILES string of the molecule is COCCN(CCCl)C(=O)Cc1cccc2ccccc12. The van der Waals surface area contributed by atoms with Crippen molar-refractivity contribution in [1.29, 1.82) is 0 Å². The van der Waals surface area contributed by atoms with Crippen molar-refractivity contribution in [2.24, 2.45) is 0 Å². The van der Waals surface area contributed by atoms with Gasteiger partial charge in [0.05, 0.1) is 13.0 Å². The molecule has 0 spiro atoms. The molecule has 0 aliphatic rings. The number of alkyl halides is 1. The molecule has 2 aromatic carbocycles. The van der Waals surface area contributed by atoms with Gasteiger partial charge in [-0.05, 0) is 16.3 Å². The Kier molecular flexibility index (Phi) is 6.03. The van der Waals surface area contributed by atoms with Crippen LogP contribution < -0.4 is 0 Å². The Morgan fingerprint density at radius 1 is 1.14 bits per heavy atom. The van der Waals surface area contributed by atoms with Crippen molar-refractivity contribution in [2.45, 2.75) is 6.42 Å². The van der Waals surface area contributed by atoms with Crippen LogP contribution in [0.15, 0.2) is 42.5 Å². The van der Waals surface area contributed by atoms with Gasteiger partial charge in [-0.25, -0.2) is 0 Å². The number of carbonyl (C=O) groups is 1. The molecule has 0 aliphatic carbocycles. The smallest absolute Gasteiger partial charge is 0.227 e. The second kappa shape index (κ2) is 8.01. The first-order valence-corrected chi connectivity index (χ1v) is 7.59. The zero-order valence-electron chi connectivity index (χ0n) is 12.2. The number of fused-ring (bicyclic) bond motifs is 1. The van der Waals surface area contributed by atoms with E-state index in [-0.39, 0.29) is 5.91 Å². The number of hydrogen-bond acceptors (Lipinski definition) is 2. The maximum atomic E-state index is 12.5. The summed E-state index contributed by atoms with van der Waals surface area (Å²) in [6.07, 6.45) is 0.391. The molecule has 0 saturated heterocycles. The number of amides is 1. The van der Waals surface area contributed by atoms with Gasteiger partial charge in [0.1, 0.15) is 0 Å². The zero-order chi connectivity index (χ0) is 15.1. The summed E-state index contributed by atoms with van der Waals surface area (Å²) in [5, 5.41) is 2.29. The fourth-order valence-corrected chi connectivity index (χ4v) is 2.59. The highest BCUT2D eigenvalue weighted by Gasteiger charge is 2.14. The highest BCUT2D eigenvalue weighted by Crippen LogP contribution is 2.19. The molecule has 0 unspecified atom stereocenters. The number of carbonyl (C=O) groups excluding carboxylic acids is 1. The number of rotatable bonds is 7. The topological polar surface area (TPSA) is 29.5 Å². The summed E-state index contributed by atoms with van der Waals surface area (Å²) in [6, 6.07) is 14.2. The normalized spacial score (nSPS) is 10.8. The number of halogens is 1. The number of methoxy groups -OCH3 is 1. The van der Waals surface area contributed by atoms with Gasteiger partial charge in [0.25, 0.3) is 0 Å². The predicted octanol–water partition coefficient (Wildman–Crippen LogP) is 3.10. The van der Waals surface area contributed by atoms with E-state index in [2.05, 4.69) is 18.2 Å². The molecule has 0 atom stereocenters. The third kappa shape index (κ3) is 4.19. The second-order valence-electron chi connectivity index (χ2n) is 4.88. The minimum Gasteiger partial charge on any atom is -0.383 e. The summed E-state index contributed by atoms with van der Waals surface area (Å²) in [4.78, 5) is 14.2. The van der Waals surface area contributed by atoms with Gasteiger partial charge in [-0.15, -0.1) is 11.6 Å². The van der Waals surface area contributed by atoms with Crippen LogP contribution in [0.4, 0.5) is 0 Å². The highest BCUT2D eigenvalue weighted by molar-refractivity contribution is 6.18. The van der Waals surface area contributed by atoms with E-state index in [1.165, 1.54) is 0 Å². The standard InChI is InChI=1S/C17H20ClNO2/c1-21-12-11-19(10-9-18)17(20)13-15-7-4-6-14-5-2-3-8-16(14)15/h2-8H,9-13H2,1H3. The Morgan fingerprint density at radius 2 is 1.90 bits per heavy atom. The van der Waals surface area contributed by atoms with E-state index < -0.39 is 0 Å². The molecule has 112 valence electrons. The van der Waals surface area contributed by atoms with E-state index in [1.807, 2.05) is 24.3 Å². The minimum absolute atomic E-state index is 0.0871. The van der Waals surface area contributed by atoms with Gasteiger partial charge < -0.3 is 9.64 Å². The lowest BCUT2D eigenvalue weighted by atomic mass is 10.0. The molecule has 0 saturated carbocycles. The molecule has 2 rings (SSSR count). The summed E-state index contributed by atoms with van der Waals surface area (Å²) in [7, 11) is 1.63. The van der Waals surface area contributed by atoms with Crippen LogP contribution in [0, 0.1) is 0 Å². The number of benzene rings is 2. The predicted molar refractivity (Wildman–Crippen MR) is 86.8 cm³/mol. The van der Waals surface area contributed by atoms with Gasteiger partial charge in [-0.2, -0.15) is 0 Å². The van der Waals surface area contributed by atoms with Crippen molar-refractivity contribution >= 4 is 28.3 Å². The van der Waals surface area contributed by atoms with Crippen LogP contribution in [0.3, 0.4) is 0 Å². The largest absolute Gasteiger partial charge is 0.383 e. The van der Waals surface area contributed by atoms with Crippen LogP contribution in [0.1, 0.15) is 5.56 Å². The summed E-state index contributed by atoms with van der Waals surface area (Å²) in [6.45, 7) is 1.65. The van der Waals surface area contributed by atoms with Gasteiger partial charge in [0.2, 0.25) is 5.91 Å². The van der Waals surface area contributed by atoms with Crippen molar-refractivity contribution in [2.75, 3.05) is 32.7 Å². The summed E-state index contributed by atoms with van der Waals surface area (Å²) in [5.41, 5.74) is 1.05. The molecule has 0 bridgehead atoms. The molecular weight excluding hydrogens is 286 g/mol. The Hall–Kier alpha value is -1.58. The lowest BCUT2D eigenvalue weighted by Gasteiger charge is -2.21. The van der Waals surface area contributed by atoms with Crippen LogP contribution in [0.2, 0.25) is 0 Å². The van der Waals surface area contributed by atoms with E-state index in [0.29, 0.717) is 32.0 Å². The number of hydrogen-bond donors (Lipinski definition) is 0. The van der Waals surface area contributed by atoms with Gasteiger partial charge in [-0.3, -0.25) is 4.79 Å². The monoisotopic (exact) mass is 305 g/mol. The summed E-state index contributed by atoms with van der Waals surface area (Å²) >= 11 is 5.78. The zero-order valence-corrected chi connectivity index (χ0v) is 13.0. The highest BCUT2D eigenvalue weighted by atomic mass is 35.5. The molecule has 3 nitrogen and oxygen atoms in total. The molecule has 0 aliphatic heterocycles. The van der Waals surface area contributed by atoms with E-state index in [9.17, 15) is 4.79 Å². The average Bonchev–Trinajstić information content (AvgIpc) is 2.51. The Bertz CT molecular complexity index is 595. The van der Waals surface area contributed by atoms with Crippen molar-refractivity contribution in [3.63, 3.8) is 0 Å². The van der Waals surface area contributed by atoms with Gasteiger partial charge in [0.15, 0.2) is 0 Å². The van der Waals surface area contributed by atoms with Crippen LogP contribution in [-0.4, -0.2) is 43.5 Å². The second-order valence-corrected chi connectivity index (χ2v) is 5.26. The Labute approximate surface area is 130 Å². The van der Waals surface area contributed by atoms with Crippen LogP contribution in [0.25, 0.3) is 10.8 Å². The van der Waals surface area contributed by atoms with Crippen molar-refractivity contribution in [3.05, 3.63) is 48.0 Å². The molecule has 0 heterocycles. The minimum atomic E-state index is 0.0871. The van der Waals surface area contributed by atoms with Gasteiger partial charge in [0, 0.05) is 26.1 Å². The van der Waals surface area contributed by atoms with E-state index in [0.717, 1.165) is 16.3 Å². The van der Waals surface area contributed by atoms with Gasteiger partial charge in [-0.1, -0.05) is 42.5 Å². The quantitative estimate of drug-likeness (QED) is 0.736. The van der Waals surface area contributed by atoms with E-state index in [4.69, 9.17) is 16.3 Å². The number of nitrogens with zero attached hydrogens (tertiary/aromatic N) is 1. The summed E-state index contributed by atoms with van der Waals surface area (Å²) in [5.74, 6) is 0.523. The maximum Gasteiger partial charge on any atom is 0.227 e. The molecule has 21 heavy (non-hydrogen) atoms. The van der Waals surface area contributed by atoms with Crippen molar-refractivity contribution in [1.82, 2.24) is 4.90 Å². The first kappa shape index (κ1) is 15.8. The van der Waals surface area contributed by atoms with Gasteiger partial charge >= 0.3 is 0 Å². The molecule has 0 radical (unpaired) electrons. The fraction of sp³-hybridized carbons (Fsp3) is 0.353. The van der Waals surface area contributed by atoms with Crippen molar-refractivity contribution < 1.29 is 9.53 Å². The molecule has 4 heteroatoms. The third-order valence-corrected chi connectivity index (χ3v) is 3.66. The first-order chi connectivity index (χ1) is 10.3. The van der Waals surface area contributed by atoms with Crippen LogP contribution in [0.5, 0.6) is 0 Å². The number of ether oxygens (including phenoxy) is 1. The van der Waals surface area contributed by atoms with Crippen molar-refractivity contribution in [3.8, 4) is 0 Å². The third-order valence-electron chi connectivity index (χ3n) is 3.49. The maximum absolute atomic E-state index is 12.5. The van der Waals surface area contributed by atoms with E-state index in [1.54, 1.807) is 12.0 Å². The Balaban J connectivity index is 2.16. The Morgan fingerprint density at radius 3 is 2.67 bits per heavy atom.